The number of fused-ring (bicyclic) bond motifs is 2. The van der Waals surface area contributed by atoms with E-state index in [1.807, 2.05) is 0 Å². The topological polar surface area (TPSA) is 109 Å². The summed E-state index contributed by atoms with van der Waals surface area (Å²) in [6, 6.07) is 2.51. The van der Waals surface area contributed by atoms with Crippen molar-refractivity contribution in [3.63, 3.8) is 0 Å². The molecule has 4 fully saturated rings. The number of methoxy groups -OCH3 is 1. The zero-order valence-corrected chi connectivity index (χ0v) is 22.0. The molecule has 1 saturated carbocycles. The number of hydrogen-bond donors (Lipinski definition) is 2. The summed E-state index contributed by atoms with van der Waals surface area (Å²) in [6.45, 7) is -0.282. The minimum atomic E-state index is -4.26. The lowest BCUT2D eigenvalue weighted by atomic mass is 9.70. The van der Waals surface area contributed by atoms with Crippen molar-refractivity contribution < 1.29 is 36.6 Å². The summed E-state index contributed by atoms with van der Waals surface area (Å²) in [5.74, 6) is -2.42. The van der Waals surface area contributed by atoms with Crippen molar-refractivity contribution in [3.8, 4) is 17.1 Å². The molecule has 216 valence electrons. The molecule has 2 aromatic rings. The molecule has 9 nitrogen and oxygen atoms in total. The zero-order chi connectivity index (χ0) is 28.2. The van der Waals surface area contributed by atoms with E-state index >= 15 is 0 Å². The number of halogens is 4. The van der Waals surface area contributed by atoms with Crippen molar-refractivity contribution in [1.29, 1.82) is 0 Å². The van der Waals surface area contributed by atoms with Crippen LogP contribution in [0.4, 0.5) is 17.6 Å². The lowest BCUT2D eigenvalue weighted by molar-refractivity contribution is -0.326. The van der Waals surface area contributed by atoms with Gasteiger partial charge in [0.15, 0.2) is 11.5 Å². The van der Waals surface area contributed by atoms with Crippen molar-refractivity contribution in [1.82, 2.24) is 25.4 Å². The lowest BCUT2D eigenvalue weighted by Crippen LogP contribution is -2.62. The first-order chi connectivity index (χ1) is 19.1. The van der Waals surface area contributed by atoms with Gasteiger partial charge in [-0.25, -0.2) is 9.37 Å². The van der Waals surface area contributed by atoms with E-state index in [4.69, 9.17) is 9.47 Å². The Morgan fingerprint density at radius 1 is 1.15 bits per heavy atom. The Balaban J connectivity index is 1.06. The molecule has 0 radical (unpaired) electrons. The number of hydrogen-bond acceptors (Lipinski definition) is 6. The Morgan fingerprint density at radius 2 is 1.85 bits per heavy atom. The second-order valence-electron chi connectivity index (χ2n) is 11.4. The summed E-state index contributed by atoms with van der Waals surface area (Å²) in [5.41, 5.74) is -0.461. The number of carbonyl (C=O) groups excluding carboxylic acids is 2. The fraction of sp³-hybridized carbons (Fsp3) is 0.630. The first kappa shape index (κ1) is 27.0. The van der Waals surface area contributed by atoms with Crippen LogP contribution in [0.25, 0.3) is 11.3 Å². The molecule has 0 aromatic carbocycles. The van der Waals surface area contributed by atoms with Gasteiger partial charge in [-0.15, -0.1) is 0 Å². The van der Waals surface area contributed by atoms with Crippen molar-refractivity contribution in [2.75, 3.05) is 13.7 Å². The van der Waals surface area contributed by atoms with E-state index < -0.39 is 23.5 Å². The Labute approximate surface area is 228 Å². The predicted octanol–water partition coefficient (Wildman–Crippen LogP) is 4.01. The van der Waals surface area contributed by atoms with Crippen molar-refractivity contribution in [3.05, 3.63) is 29.8 Å². The van der Waals surface area contributed by atoms with Crippen LogP contribution in [0.5, 0.6) is 5.88 Å². The third-order valence-electron chi connectivity index (χ3n) is 9.21. The molecule has 5 heterocycles. The number of aromatic amines is 1. The number of carbonyl (C=O) groups is 2. The van der Waals surface area contributed by atoms with Gasteiger partial charge < -0.3 is 19.7 Å². The molecule has 2 amide bonds. The highest BCUT2D eigenvalue weighted by atomic mass is 19.4. The van der Waals surface area contributed by atoms with Crippen LogP contribution in [0.3, 0.4) is 0 Å². The van der Waals surface area contributed by atoms with E-state index in [1.54, 1.807) is 4.90 Å². The van der Waals surface area contributed by atoms with Crippen LogP contribution in [0, 0.1) is 17.7 Å². The van der Waals surface area contributed by atoms with Crippen LogP contribution < -0.4 is 10.1 Å². The summed E-state index contributed by atoms with van der Waals surface area (Å²) < 4.78 is 64.6. The molecule has 4 aliphatic rings. The summed E-state index contributed by atoms with van der Waals surface area (Å²) in [5, 5.41) is 9.92. The summed E-state index contributed by atoms with van der Waals surface area (Å²) in [6.07, 6.45) is 0.810. The largest absolute Gasteiger partial charge is 0.481 e. The second-order valence-corrected chi connectivity index (χ2v) is 11.4. The monoisotopic (exact) mass is 565 g/mol. The number of H-pyrrole nitrogens is 1. The van der Waals surface area contributed by atoms with E-state index in [0.29, 0.717) is 31.4 Å². The smallest absolute Gasteiger partial charge is 0.396 e. The fourth-order valence-corrected chi connectivity index (χ4v) is 7.02. The standard InChI is InChI=1S/C27H31F4N5O4/c1-39-23-10-18(19(28)12-32-23)20-11-21(35-34-20)25(38)36-16-2-3-17(36)9-14(8-16)24(37)33-15-4-6-26(7-5-15)22(13-40-26)27(29,30)31/h10-12,14-17,22H,2-9,13H2,1H3,(H,33,37)(H,34,35)/t14?,15?,16-,17+,22?,26?. The molecule has 13 heteroatoms. The quantitative estimate of drug-likeness (QED) is 0.531. The number of aromatic nitrogens is 3. The van der Waals surface area contributed by atoms with Gasteiger partial charge >= 0.3 is 6.18 Å². The van der Waals surface area contributed by atoms with Crippen LogP contribution in [-0.2, 0) is 9.53 Å². The Hall–Kier alpha value is -3.22. The molecule has 6 rings (SSSR count). The zero-order valence-electron chi connectivity index (χ0n) is 22.0. The highest BCUT2D eigenvalue weighted by Gasteiger charge is 2.61. The highest BCUT2D eigenvalue weighted by molar-refractivity contribution is 5.94. The maximum atomic E-state index is 14.4. The molecule has 1 aliphatic carbocycles. The van der Waals surface area contributed by atoms with Gasteiger partial charge in [0.1, 0.15) is 5.92 Å². The molecule has 2 aromatic heterocycles. The highest BCUT2D eigenvalue weighted by Crippen LogP contribution is 2.51. The number of nitrogens with zero attached hydrogens (tertiary/aromatic N) is 3. The molecule has 3 saturated heterocycles. The fourth-order valence-electron chi connectivity index (χ4n) is 7.02. The van der Waals surface area contributed by atoms with Gasteiger partial charge in [0.25, 0.3) is 5.91 Å². The van der Waals surface area contributed by atoms with Crippen molar-refractivity contribution in [2.24, 2.45) is 11.8 Å². The number of ether oxygens (including phenoxy) is 2. The summed E-state index contributed by atoms with van der Waals surface area (Å²) in [4.78, 5) is 32.2. The summed E-state index contributed by atoms with van der Waals surface area (Å²) >= 11 is 0. The molecule has 2 unspecified atom stereocenters. The van der Waals surface area contributed by atoms with Crippen LogP contribution in [0.1, 0.15) is 61.9 Å². The molecule has 4 atom stereocenters. The van der Waals surface area contributed by atoms with Crippen LogP contribution in [0.15, 0.2) is 18.3 Å². The van der Waals surface area contributed by atoms with Crippen LogP contribution >= 0.6 is 0 Å². The third kappa shape index (κ3) is 4.71. The van der Waals surface area contributed by atoms with E-state index in [1.165, 1.54) is 19.2 Å². The molecule has 2 N–H and O–H groups in total. The number of alkyl halides is 3. The predicted molar refractivity (Wildman–Crippen MR) is 133 cm³/mol. The minimum absolute atomic E-state index is 0.101. The van der Waals surface area contributed by atoms with Crippen molar-refractivity contribution >= 4 is 11.8 Å². The molecule has 3 aliphatic heterocycles. The number of nitrogens with one attached hydrogen (secondary N) is 2. The Kier molecular flexibility index (Phi) is 6.75. The van der Waals surface area contributed by atoms with Gasteiger partial charge in [-0.3, -0.25) is 14.7 Å². The third-order valence-corrected chi connectivity index (χ3v) is 9.21. The maximum Gasteiger partial charge on any atom is 0.396 e. The normalized spacial score (nSPS) is 31.6. The second kappa shape index (κ2) is 10.0. The Bertz CT molecular complexity index is 1280. The SMILES string of the molecule is COc1cc(-c2cc(C(=O)N3[C@@H]4CC[C@H]3CC(C(=O)NC3CCC5(CC3)OCC5C(F)(F)F)C4)n[nH]2)c(F)cn1. The van der Waals surface area contributed by atoms with Crippen molar-refractivity contribution in [2.45, 2.75) is 81.3 Å². The van der Waals surface area contributed by atoms with Gasteiger partial charge in [-0.2, -0.15) is 18.3 Å². The number of amides is 2. The first-order valence-corrected chi connectivity index (χ1v) is 13.7. The first-order valence-electron chi connectivity index (χ1n) is 13.7. The van der Waals surface area contributed by atoms with Gasteiger partial charge in [-0.1, -0.05) is 0 Å². The van der Waals surface area contributed by atoms with E-state index in [0.717, 1.165) is 19.0 Å². The lowest BCUT2D eigenvalue weighted by Gasteiger charge is -2.53. The number of pyridine rings is 1. The summed E-state index contributed by atoms with van der Waals surface area (Å²) in [7, 11) is 1.42. The molecule has 2 bridgehead atoms. The Morgan fingerprint density at radius 3 is 2.45 bits per heavy atom. The van der Waals surface area contributed by atoms with Gasteiger partial charge in [0.05, 0.1) is 31.2 Å². The van der Waals surface area contributed by atoms with E-state index in [2.05, 4.69) is 20.5 Å². The number of piperidine rings is 1. The van der Waals surface area contributed by atoms with E-state index in [9.17, 15) is 27.2 Å². The maximum absolute atomic E-state index is 14.4. The average molecular weight is 566 g/mol. The van der Waals surface area contributed by atoms with Crippen LogP contribution in [-0.4, -0.2) is 75.5 Å². The molecule has 1 spiro atoms. The molecule has 40 heavy (non-hydrogen) atoms. The van der Waals surface area contributed by atoms with Gasteiger partial charge in [0, 0.05) is 35.7 Å². The number of rotatable bonds is 5. The van der Waals surface area contributed by atoms with Gasteiger partial charge in [-0.05, 0) is 57.4 Å². The van der Waals surface area contributed by atoms with Gasteiger partial charge in [0.2, 0.25) is 11.8 Å². The molecular formula is C27H31F4N5O4. The van der Waals surface area contributed by atoms with Crippen LogP contribution in [0.2, 0.25) is 0 Å². The minimum Gasteiger partial charge on any atom is -0.481 e. The van der Waals surface area contributed by atoms with E-state index in [-0.39, 0.29) is 72.4 Å². The molecular weight excluding hydrogens is 534 g/mol. The average Bonchev–Trinajstić information content (AvgIpc) is 3.50.